The number of fused-ring (bicyclic) bond motifs is 1. The average Bonchev–Trinajstić information content (AvgIpc) is 2.72. The molecule has 4 nitrogen and oxygen atoms in total. The highest BCUT2D eigenvalue weighted by Gasteiger charge is 2.04. The van der Waals surface area contributed by atoms with E-state index in [-0.39, 0.29) is 0 Å². The number of aromatic nitrogens is 2. The lowest BCUT2D eigenvalue weighted by atomic mass is 10.1. The van der Waals surface area contributed by atoms with E-state index in [0.29, 0.717) is 0 Å². The van der Waals surface area contributed by atoms with Crippen molar-refractivity contribution in [2.45, 2.75) is 33.2 Å². The molecule has 0 aliphatic rings. The Morgan fingerprint density at radius 2 is 2.21 bits per heavy atom. The molecule has 2 aromatic rings. The van der Waals surface area contributed by atoms with Crippen LogP contribution in [0.5, 0.6) is 0 Å². The molecule has 1 heterocycles. The molecule has 2 rings (SSSR count). The largest absolute Gasteiger partial charge is 0.411 e. The normalized spacial score (nSPS) is 12.6. The standard InChI is InChI=1S/C15H19N3O/c1-12(6-5-10-16-19)9-11-18-13(2)17-14-7-3-4-8-15(14)18/h3-4,7-10,19H,5-6,11H2,1-2H3. The number of nitrogens with zero attached hydrogens (tertiary/aromatic N) is 3. The molecule has 0 bridgehead atoms. The molecule has 1 N–H and O–H groups in total. The van der Waals surface area contributed by atoms with Crippen molar-refractivity contribution in [3.63, 3.8) is 0 Å². The van der Waals surface area contributed by atoms with Gasteiger partial charge in [-0.3, -0.25) is 0 Å². The monoisotopic (exact) mass is 257 g/mol. The maximum Gasteiger partial charge on any atom is 0.107 e. The summed E-state index contributed by atoms with van der Waals surface area (Å²) in [6.45, 7) is 4.95. The summed E-state index contributed by atoms with van der Waals surface area (Å²) in [5, 5.41) is 11.4. The molecule has 0 amide bonds. The van der Waals surface area contributed by atoms with E-state index in [9.17, 15) is 0 Å². The van der Waals surface area contributed by atoms with Crippen LogP contribution < -0.4 is 0 Å². The first kappa shape index (κ1) is 13.3. The van der Waals surface area contributed by atoms with E-state index in [2.05, 4.69) is 33.8 Å². The summed E-state index contributed by atoms with van der Waals surface area (Å²) in [5.41, 5.74) is 3.50. The van der Waals surface area contributed by atoms with Crippen LogP contribution >= 0.6 is 0 Å². The van der Waals surface area contributed by atoms with Crippen molar-refractivity contribution >= 4 is 17.2 Å². The van der Waals surface area contributed by atoms with E-state index >= 15 is 0 Å². The Bertz CT molecular complexity index is 611. The van der Waals surface area contributed by atoms with E-state index < -0.39 is 0 Å². The van der Waals surface area contributed by atoms with Gasteiger partial charge in [-0.2, -0.15) is 0 Å². The zero-order valence-electron chi connectivity index (χ0n) is 11.4. The maximum absolute atomic E-state index is 8.35. The Morgan fingerprint density at radius 3 is 3.00 bits per heavy atom. The van der Waals surface area contributed by atoms with Gasteiger partial charge in [-0.1, -0.05) is 23.8 Å². The summed E-state index contributed by atoms with van der Waals surface area (Å²) in [5.74, 6) is 1.03. The third kappa shape index (κ3) is 3.22. The van der Waals surface area contributed by atoms with Gasteiger partial charge >= 0.3 is 0 Å². The fraction of sp³-hybridized carbons (Fsp3) is 0.333. The van der Waals surface area contributed by atoms with Crippen LogP contribution in [-0.2, 0) is 6.54 Å². The van der Waals surface area contributed by atoms with Gasteiger partial charge < -0.3 is 9.77 Å². The smallest absolute Gasteiger partial charge is 0.107 e. The summed E-state index contributed by atoms with van der Waals surface area (Å²) in [6.07, 6.45) is 5.40. The van der Waals surface area contributed by atoms with Gasteiger partial charge in [0, 0.05) is 12.8 Å². The van der Waals surface area contributed by atoms with E-state index in [1.165, 1.54) is 17.3 Å². The van der Waals surface area contributed by atoms with Crippen molar-refractivity contribution in [3.8, 4) is 0 Å². The molecule has 0 saturated heterocycles. The second-order valence-electron chi connectivity index (χ2n) is 4.65. The lowest BCUT2D eigenvalue weighted by molar-refractivity contribution is 0.320. The number of hydrogen-bond acceptors (Lipinski definition) is 3. The zero-order chi connectivity index (χ0) is 13.7. The molecular formula is C15H19N3O. The highest BCUT2D eigenvalue weighted by atomic mass is 16.4. The van der Waals surface area contributed by atoms with Crippen LogP contribution in [-0.4, -0.2) is 21.0 Å². The van der Waals surface area contributed by atoms with Gasteiger partial charge in [0.1, 0.15) is 5.82 Å². The summed E-state index contributed by atoms with van der Waals surface area (Å²) >= 11 is 0. The van der Waals surface area contributed by atoms with Crippen LogP contribution in [0.2, 0.25) is 0 Å². The third-order valence-corrected chi connectivity index (χ3v) is 3.22. The second kappa shape index (κ2) is 6.18. The number of allylic oxidation sites excluding steroid dienone is 2. The van der Waals surface area contributed by atoms with E-state index in [0.717, 1.165) is 30.7 Å². The molecule has 1 aromatic heterocycles. The maximum atomic E-state index is 8.35. The van der Waals surface area contributed by atoms with E-state index in [1.807, 2.05) is 25.1 Å². The van der Waals surface area contributed by atoms with Crippen LogP contribution in [0.15, 0.2) is 41.1 Å². The molecule has 0 radical (unpaired) electrons. The first-order chi connectivity index (χ1) is 9.22. The topological polar surface area (TPSA) is 50.4 Å². The van der Waals surface area contributed by atoms with Crippen molar-refractivity contribution in [3.05, 3.63) is 41.7 Å². The van der Waals surface area contributed by atoms with Crippen molar-refractivity contribution in [2.24, 2.45) is 5.16 Å². The predicted molar refractivity (Wildman–Crippen MR) is 77.7 cm³/mol. The Hall–Kier alpha value is -2.10. The number of hydrogen-bond donors (Lipinski definition) is 1. The number of oxime groups is 1. The molecule has 0 aliphatic heterocycles. The molecule has 0 unspecified atom stereocenters. The number of aryl methyl sites for hydroxylation is 1. The molecule has 100 valence electrons. The van der Waals surface area contributed by atoms with E-state index in [4.69, 9.17) is 5.21 Å². The van der Waals surface area contributed by atoms with Crippen molar-refractivity contribution in [1.82, 2.24) is 9.55 Å². The van der Waals surface area contributed by atoms with Crippen LogP contribution in [0.1, 0.15) is 25.6 Å². The highest BCUT2D eigenvalue weighted by molar-refractivity contribution is 5.75. The summed E-state index contributed by atoms with van der Waals surface area (Å²) in [7, 11) is 0. The molecular weight excluding hydrogens is 238 g/mol. The molecule has 0 saturated carbocycles. The summed E-state index contributed by atoms with van der Waals surface area (Å²) < 4.78 is 2.21. The predicted octanol–water partition coefficient (Wildman–Crippen LogP) is 3.53. The Morgan fingerprint density at radius 1 is 1.42 bits per heavy atom. The first-order valence-corrected chi connectivity index (χ1v) is 6.45. The zero-order valence-corrected chi connectivity index (χ0v) is 11.4. The molecule has 19 heavy (non-hydrogen) atoms. The number of benzene rings is 1. The number of rotatable bonds is 5. The van der Waals surface area contributed by atoms with Gasteiger partial charge in [-0.05, 0) is 38.8 Å². The minimum Gasteiger partial charge on any atom is -0.411 e. The molecule has 0 atom stereocenters. The molecule has 1 aromatic carbocycles. The first-order valence-electron chi connectivity index (χ1n) is 6.45. The SMILES string of the molecule is CC(=CCn1c(C)nc2ccccc21)CCC=NO. The van der Waals surface area contributed by atoms with Crippen LogP contribution in [0.25, 0.3) is 11.0 Å². The van der Waals surface area contributed by atoms with Gasteiger partial charge in [0.25, 0.3) is 0 Å². The van der Waals surface area contributed by atoms with E-state index in [1.54, 1.807) is 0 Å². The van der Waals surface area contributed by atoms with Gasteiger partial charge in [0.2, 0.25) is 0 Å². The highest BCUT2D eigenvalue weighted by Crippen LogP contribution is 2.16. The van der Waals surface area contributed by atoms with Crippen LogP contribution in [0.4, 0.5) is 0 Å². The molecule has 0 fully saturated rings. The minimum atomic E-state index is 0.766. The fourth-order valence-electron chi connectivity index (χ4n) is 2.13. The minimum absolute atomic E-state index is 0.766. The molecule has 0 spiro atoms. The van der Waals surface area contributed by atoms with Gasteiger partial charge in [-0.15, -0.1) is 5.16 Å². The lowest BCUT2D eigenvalue weighted by Gasteiger charge is -2.04. The van der Waals surface area contributed by atoms with Gasteiger partial charge in [0.05, 0.1) is 11.0 Å². The lowest BCUT2D eigenvalue weighted by Crippen LogP contribution is -1.98. The summed E-state index contributed by atoms with van der Waals surface area (Å²) in [6, 6.07) is 8.17. The van der Waals surface area contributed by atoms with Gasteiger partial charge in [0.15, 0.2) is 0 Å². The molecule has 4 heteroatoms. The van der Waals surface area contributed by atoms with Crippen molar-refractivity contribution < 1.29 is 5.21 Å². The van der Waals surface area contributed by atoms with Crippen LogP contribution in [0.3, 0.4) is 0 Å². The van der Waals surface area contributed by atoms with Crippen molar-refractivity contribution in [2.75, 3.05) is 0 Å². The van der Waals surface area contributed by atoms with Crippen LogP contribution in [0, 0.1) is 6.92 Å². The quantitative estimate of drug-likeness (QED) is 0.385. The summed E-state index contributed by atoms with van der Waals surface area (Å²) in [4.78, 5) is 4.55. The van der Waals surface area contributed by atoms with Gasteiger partial charge in [-0.25, -0.2) is 4.98 Å². The fourth-order valence-corrected chi connectivity index (χ4v) is 2.13. The Kier molecular flexibility index (Phi) is 4.34. The number of imidazole rings is 1. The average molecular weight is 257 g/mol. The molecule has 0 aliphatic carbocycles. The van der Waals surface area contributed by atoms with Crippen molar-refractivity contribution in [1.29, 1.82) is 0 Å². The number of para-hydroxylation sites is 2. The third-order valence-electron chi connectivity index (χ3n) is 3.22. The second-order valence-corrected chi connectivity index (χ2v) is 4.65. The Labute approximate surface area is 113 Å². The Balaban J connectivity index is 2.13.